The van der Waals surface area contributed by atoms with Gasteiger partial charge in [0.1, 0.15) is 0 Å². The lowest BCUT2D eigenvalue weighted by molar-refractivity contribution is -0.149. The quantitative estimate of drug-likeness (QED) is 0.665. The molecule has 6 atom stereocenters. The maximum Gasteiger partial charge on any atom is 0.252 e. The molecule has 28 heavy (non-hydrogen) atoms. The van der Waals surface area contributed by atoms with Crippen LogP contribution in [0.1, 0.15) is 12.0 Å². The Morgan fingerprint density at radius 3 is 2.29 bits per heavy atom. The minimum atomic E-state index is -0.331. The van der Waals surface area contributed by atoms with Crippen molar-refractivity contribution in [3.8, 4) is 0 Å². The van der Waals surface area contributed by atoms with Crippen LogP contribution in [0.4, 0.5) is 0 Å². The zero-order valence-electron chi connectivity index (χ0n) is 15.2. The van der Waals surface area contributed by atoms with Gasteiger partial charge in [0, 0.05) is 0 Å². The summed E-state index contributed by atoms with van der Waals surface area (Å²) in [5, 5.41) is 3.09. The number of nitrogens with zero attached hydrogens (tertiary/aromatic N) is 1. The fourth-order valence-electron chi connectivity index (χ4n) is 5.85. The van der Waals surface area contributed by atoms with E-state index < -0.39 is 0 Å². The summed E-state index contributed by atoms with van der Waals surface area (Å²) in [6.45, 7) is 0. The molecule has 2 bridgehead atoms. The Kier molecular flexibility index (Phi) is 3.17. The van der Waals surface area contributed by atoms with Crippen molar-refractivity contribution in [2.75, 3.05) is 0 Å². The summed E-state index contributed by atoms with van der Waals surface area (Å²) in [6, 6.07) is 13.7. The predicted molar refractivity (Wildman–Crippen MR) is 102 cm³/mol. The first kappa shape index (κ1) is 16.0. The summed E-state index contributed by atoms with van der Waals surface area (Å²) in [6.07, 6.45) is 5.52. The third-order valence-electron chi connectivity index (χ3n) is 7.13. The number of benzene rings is 2. The number of carbonyl (C=O) groups is 3. The van der Waals surface area contributed by atoms with Gasteiger partial charge in [0.25, 0.3) is 11.8 Å². The first-order chi connectivity index (χ1) is 13.6. The van der Waals surface area contributed by atoms with Crippen LogP contribution in [0.25, 0.3) is 10.8 Å². The molecule has 0 spiro atoms. The topological polar surface area (TPSA) is 66.5 Å². The maximum atomic E-state index is 13.0. The Morgan fingerprint density at radius 2 is 1.57 bits per heavy atom. The molecule has 3 fully saturated rings. The van der Waals surface area contributed by atoms with E-state index in [0.29, 0.717) is 11.8 Å². The van der Waals surface area contributed by atoms with Gasteiger partial charge in [0.15, 0.2) is 0 Å². The molecular weight excluding hydrogens is 352 g/mol. The van der Waals surface area contributed by atoms with Gasteiger partial charge in [-0.1, -0.05) is 54.6 Å². The highest BCUT2D eigenvalue weighted by atomic mass is 16.2. The van der Waals surface area contributed by atoms with Crippen LogP contribution in [0.3, 0.4) is 0 Å². The molecule has 5 nitrogen and oxygen atoms in total. The number of allylic oxidation sites excluding steroid dienone is 2. The van der Waals surface area contributed by atoms with E-state index in [2.05, 4.69) is 17.6 Å². The molecule has 1 saturated heterocycles. The maximum absolute atomic E-state index is 13.0. The Labute approximate surface area is 162 Å². The van der Waals surface area contributed by atoms with E-state index in [9.17, 15) is 14.4 Å². The lowest BCUT2D eigenvalue weighted by atomic mass is 9.63. The molecule has 3 amide bonds. The number of fused-ring (bicyclic) bond motifs is 1. The molecule has 0 aromatic heterocycles. The number of nitrogens with one attached hydrogen (secondary N) is 1. The standard InChI is InChI=1S/C23H20N2O3/c26-19(10-13-6-3-5-12-4-1-2-7-14(12)13)24-25-22(27)20-15-8-9-16(18-11-17(15)18)21(20)23(25)28/h1-9,15-18,20-21H,10-11H2,(H,24,26)/t15-,16+,17-,18+,20-,21+. The van der Waals surface area contributed by atoms with Crippen molar-refractivity contribution in [1.29, 1.82) is 0 Å². The van der Waals surface area contributed by atoms with E-state index >= 15 is 0 Å². The number of amides is 3. The van der Waals surface area contributed by atoms with Gasteiger partial charge in [-0.2, -0.15) is 5.01 Å². The normalized spacial score (nSPS) is 34.5. The Bertz CT molecular complexity index is 1030. The lowest BCUT2D eigenvalue weighted by Gasteiger charge is -2.37. The van der Waals surface area contributed by atoms with Gasteiger partial charge in [-0.3, -0.25) is 19.8 Å². The van der Waals surface area contributed by atoms with Gasteiger partial charge in [-0.25, -0.2) is 0 Å². The summed E-state index contributed by atoms with van der Waals surface area (Å²) in [5.74, 6) is 0.0684. The fraction of sp³-hybridized carbons (Fsp3) is 0.348. The second kappa shape index (κ2) is 5.53. The SMILES string of the molecule is O=C(Cc1cccc2ccccc12)NN1C(=O)[C@@H]2[C@@H]3C=C[C@@H]([C@@H]4C[C@H]34)[C@@H]2C1=O. The zero-order chi connectivity index (χ0) is 19.0. The molecule has 0 unspecified atom stereocenters. The molecule has 5 heteroatoms. The summed E-state index contributed by atoms with van der Waals surface area (Å²) >= 11 is 0. The van der Waals surface area contributed by atoms with Gasteiger partial charge in [0.2, 0.25) is 5.91 Å². The van der Waals surface area contributed by atoms with Crippen LogP contribution in [0.2, 0.25) is 0 Å². The van der Waals surface area contributed by atoms with Crippen LogP contribution in [0.5, 0.6) is 0 Å². The molecular formula is C23H20N2O3. The largest absolute Gasteiger partial charge is 0.273 e. The van der Waals surface area contributed by atoms with Crippen molar-refractivity contribution >= 4 is 28.5 Å². The van der Waals surface area contributed by atoms with E-state index in [4.69, 9.17) is 0 Å². The Morgan fingerprint density at radius 1 is 0.929 bits per heavy atom. The van der Waals surface area contributed by atoms with Crippen LogP contribution in [-0.4, -0.2) is 22.7 Å². The van der Waals surface area contributed by atoms with Gasteiger partial charge in [0.05, 0.1) is 18.3 Å². The first-order valence-electron chi connectivity index (χ1n) is 9.96. The Balaban J connectivity index is 1.23. The van der Waals surface area contributed by atoms with E-state index in [1.165, 1.54) is 0 Å². The van der Waals surface area contributed by atoms with Crippen LogP contribution in [0, 0.1) is 35.5 Å². The van der Waals surface area contributed by atoms with E-state index in [0.717, 1.165) is 27.8 Å². The highest BCUT2D eigenvalue weighted by molar-refractivity contribution is 6.07. The van der Waals surface area contributed by atoms with Gasteiger partial charge in [-0.05, 0) is 46.4 Å². The number of hydrazine groups is 1. The van der Waals surface area contributed by atoms with Gasteiger partial charge >= 0.3 is 0 Å². The number of carbonyl (C=O) groups excluding carboxylic acids is 3. The number of hydrogen-bond donors (Lipinski definition) is 1. The summed E-state index contributed by atoms with van der Waals surface area (Å²) in [4.78, 5) is 38.6. The molecule has 1 heterocycles. The highest BCUT2D eigenvalue weighted by Crippen LogP contribution is 2.65. The lowest BCUT2D eigenvalue weighted by Crippen LogP contribution is -2.47. The van der Waals surface area contributed by atoms with Crippen LogP contribution in [-0.2, 0) is 20.8 Å². The molecule has 1 aliphatic heterocycles. The molecule has 140 valence electrons. The van der Waals surface area contributed by atoms with Crippen LogP contribution in [0.15, 0.2) is 54.6 Å². The molecule has 2 aromatic rings. The van der Waals surface area contributed by atoms with Crippen LogP contribution >= 0.6 is 0 Å². The van der Waals surface area contributed by atoms with E-state index in [-0.39, 0.29) is 47.8 Å². The molecule has 5 aliphatic rings. The van der Waals surface area contributed by atoms with Crippen molar-refractivity contribution in [3.63, 3.8) is 0 Å². The first-order valence-corrected chi connectivity index (χ1v) is 9.96. The molecule has 1 N–H and O–H groups in total. The van der Waals surface area contributed by atoms with E-state index in [1.54, 1.807) is 0 Å². The highest BCUT2D eigenvalue weighted by Gasteiger charge is 2.67. The van der Waals surface area contributed by atoms with E-state index in [1.807, 2.05) is 42.5 Å². The van der Waals surface area contributed by atoms with Gasteiger partial charge < -0.3 is 0 Å². The van der Waals surface area contributed by atoms with Crippen molar-refractivity contribution in [2.24, 2.45) is 35.5 Å². The third kappa shape index (κ3) is 2.10. The second-order valence-corrected chi connectivity index (χ2v) is 8.52. The van der Waals surface area contributed by atoms with Crippen LogP contribution < -0.4 is 5.43 Å². The minimum Gasteiger partial charge on any atom is -0.273 e. The number of rotatable bonds is 3. The predicted octanol–water partition coefficient (Wildman–Crippen LogP) is 2.47. The number of imide groups is 1. The molecule has 7 rings (SSSR count). The molecule has 2 saturated carbocycles. The summed E-state index contributed by atoms with van der Waals surface area (Å²) in [5.41, 5.74) is 3.50. The monoisotopic (exact) mass is 372 g/mol. The fourth-order valence-corrected chi connectivity index (χ4v) is 5.85. The zero-order valence-corrected chi connectivity index (χ0v) is 15.2. The molecule has 0 radical (unpaired) electrons. The summed E-state index contributed by atoms with van der Waals surface area (Å²) in [7, 11) is 0. The van der Waals surface area contributed by atoms with Crippen molar-refractivity contribution in [3.05, 3.63) is 60.2 Å². The van der Waals surface area contributed by atoms with Crippen molar-refractivity contribution in [1.82, 2.24) is 10.4 Å². The third-order valence-corrected chi connectivity index (χ3v) is 7.13. The number of hydrogen-bond acceptors (Lipinski definition) is 3. The molecule has 4 aliphatic carbocycles. The second-order valence-electron chi connectivity index (χ2n) is 8.52. The van der Waals surface area contributed by atoms with Crippen molar-refractivity contribution < 1.29 is 14.4 Å². The Hall–Kier alpha value is -2.95. The summed E-state index contributed by atoms with van der Waals surface area (Å²) < 4.78 is 0. The average molecular weight is 372 g/mol. The smallest absolute Gasteiger partial charge is 0.252 e. The minimum absolute atomic E-state index is 0.129. The van der Waals surface area contributed by atoms with Crippen molar-refractivity contribution in [2.45, 2.75) is 12.8 Å². The average Bonchev–Trinajstić information content (AvgIpc) is 3.49. The molecule has 2 aromatic carbocycles. The van der Waals surface area contributed by atoms with Gasteiger partial charge in [-0.15, -0.1) is 0 Å².